The van der Waals surface area contributed by atoms with Gasteiger partial charge in [-0.05, 0) is 49.2 Å². The lowest BCUT2D eigenvalue weighted by Crippen LogP contribution is -2.34. The van der Waals surface area contributed by atoms with E-state index >= 15 is 0 Å². The summed E-state index contributed by atoms with van der Waals surface area (Å²) in [6.45, 7) is 0.259. The molecule has 0 unspecified atom stereocenters. The Labute approximate surface area is 163 Å². The minimum absolute atomic E-state index is 0.0110. The van der Waals surface area contributed by atoms with Gasteiger partial charge < -0.3 is 14.2 Å². The Hall–Kier alpha value is -3.36. The van der Waals surface area contributed by atoms with Crippen molar-refractivity contribution in [3.8, 4) is 17.1 Å². The molecule has 1 amide bonds. The number of ether oxygens (including phenoxy) is 1. The number of likely N-dealkylation sites (tertiary alicyclic amines) is 1. The van der Waals surface area contributed by atoms with Crippen molar-refractivity contribution in [3.05, 3.63) is 65.8 Å². The SMILES string of the molecule is O=C(COc1ccc(F)cc1)N1CCC[C@H]1c1nc(-c2ccc(F)cc2F)no1. The monoisotopic (exact) mass is 403 g/mol. The van der Waals surface area contributed by atoms with Gasteiger partial charge in [-0.1, -0.05) is 5.16 Å². The van der Waals surface area contributed by atoms with E-state index in [1.54, 1.807) is 4.90 Å². The average molecular weight is 403 g/mol. The maximum absolute atomic E-state index is 13.9. The van der Waals surface area contributed by atoms with Crippen molar-refractivity contribution in [1.29, 1.82) is 0 Å². The Balaban J connectivity index is 1.46. The van der Waals surface area contributed by atoms with Crippen LogP contribution >= 0.6 is 0 Å². The van der Waals surface area contributed by atoms with E-state index in [1.807, 2.05) is 0 Å². The highest BCUT2D eigenvalue weighted by Gasteiger charge is 2.34. The van der Waals surface area contributed by atoms with E-state index in [1.165, 1.54) is 30.3 Å². The summed E-state index contributed by atoms with van der Waals surface area (Å²) in [6.07, 6.45) is 1.34. The summed E-state index contributed by atoms with van der Waals surface area (Å²) < 4.78 is 50.6. The first-order chi connectivity index (χ1) is 14.0. The lowest BCUT2D eigenvalue weighted by Gasteiger charge is -2.21. The molecule has 1 aliphatic rings. The summed E-state index contributed by atoms with van der Waals surface area (Å²) in [5.41, 5.74) is 0.0110. The van der Waals surface area contributed by atoms with Gasteiger partial charge in [0.05, 0.1) is 5.56 Å². The molecule has 0 spiro atoms. The standard InChI is InChI=1S/C20H16F3N3O3/c21-12-3-6-14(7-4-12)28-11-18(27)26-9-1-2-17(26)20-24-19(25-29-20)15-8-5-13(22)10-16(15)23/h3-8,10,17H,1-2,9,11H2/t17-/m0/s1. The fourth-order valence-corrected chi connectivity index (χ4v) is 3.23. The summed E-state index contributed by atoms with van der Waals surface area (Å²) in [6, 6.07) is 7.98. The second-order valence-electron chi connectivity index (χ2n) is 6.57. The van der Waals surface area contributed by atoms with Crippen molar-refractivity contribution < 1.29 is 27.2 Å². The van der Waals surface area contributed by atoms with Crippen LogP contribution in [0.25, 0.3) is 11.4 Å². The molecular formula is C20H16F3N3O3. The van der Waals surface area contributed by atoms with Crippen LogP contribution in [-0.2, 0) is 4.79 Å². The highest BCUT2D eigenvalue weighted by molar-refractivity contribution is 5.78. The first-order valence-electron chi connectivity index (χ1n) is 8.98. The fraction of sp³-hybridized carbons (Fsp3) is 0.250. The number of hydrogen-bond acceptors (Lipinski definition) is 5. The molecule has 150 valence electrons. The molecule has 2 heterocycles. The predicted molar refractivity (Wildman–Crippen MR) is 95.2 cm³/mol. The number of rotatable bonds is 5. The van der Waals surface area contributed by atoms with Gasteiger partial charge in [0.25, 0.3) is 5.91 Å². The minimum Gasteiger partial charge on any atom is -0.484 e. The van der Waals surface area contributed by atoms with E-state index < -0.39 is 23.5 Å². The van der Waals surface area contributed by atoms with Gasteiger partial charge >= 0.3 is 0 Å². The number of benzene rings is 2. The molecule has 1 atom stereocenters. The number of aromatic nitrogens is 2. The minimum atomic E-state index is -0.801. The molecule has 0 radical (unpaired) electrons. The zero-order valence-corrected chi connectivity index (χ0v) is 15.1. The van der Waals surface area contributed by atoms with Gasteiger partial charge in [0.2, 0.25) is 11.7 Å². The van der Waals surface area contributed by atoms with Crippen molar-refractivity contribution in [2.75, 3.05) is 13.2 Å². The van der Waals surface area contributed by atoms with Crippen molar-refractivity contribution in [3.63, 3.8) is 0 Å². The average Bonchev–Trinajstić information content (AvgIpc) is 3.36. The van der Waals surface area contributed by atoms with Crippen LogP contribution in [0.4, 0.5) is 13.2 Å². The van der Waals surface area contributed by atoms with Crippen molar-refractivity contribution in [1.82, 2.24) is 15.0 Å². The molecule has 1 fully saturated rings. The molecule has 29 heavy (non-hydrogen) atoms. The number of hydrogen-bond donors (Lipinski definition) is 0. The van der Waals surface area contributed by atoms with E-state index in [9.17, 15) is 18.0 Å². The Kier molecular flexibility index (Phi) is 5.20. The van der Waals surface area contributed by atoms with Crippen molar-refractivity contribution >= 4 is 5.91 Å². The molecule has 0 aliphatic carbocycles. The first-order valence-corrected chi connectivity index (χ1v) is 8.98. The van der Waals surface area contributed by atoms with Crippen LogP contribution in [0.3, 0.4) is 0 Å². The lowest BCUT2D eigenvalue weighted by molar-refractivity contribution is -0.134. The van der Waals surface area contributed by atoms with E-state index in [4.69, 9.17) is 9.26 Å². The van der Waals surface area contributed by atoms with Crippen molar-refractivity contribution in [2.24, 2.45) is 0 Å². The van der Waals surface area contributed by atoms with Gasteiger partial charge in [-0.15, -0.1) is 0 Å². The quantitative estimate of drug-likeness (QED) is 0.647. The van der Waals surface area contributed by atoms with Gasteiger partial charge in [-0.2, -0.15) is 4.98 Å². The maximum Gasteiger partial charge on any atom is 0.261 e. The summed E-state index contributed by atoms with van der Waals surface area (Å²) in [7, 11) is 0. The molecule has 3 aromatic rings. The number of amides is 1. The summed E-state index contributed by atoms with van der Waals surface area (Å²) in [4.78, 5) is 18.3. The van der Waals surface area contributed by atoms with Crippen LogP contribution in [0.2, 0.25) is 0 Å². The Morgan fingerprint density at radius 2 is 1.90 bits per heavy atom. The molecule has 0 bridgehead atoms. The first kappa shape index (κ1) is 19.0. The van der Waals surface area contributed by atoms with Gasteiger partial charge in [-0.25, -0.2) is 13.2 Å². The molecule has 9 heteroatoms. The van der Waals surface area contributed by atoms with Crippen LogP contribution in [0, 0.1) is 17.5 Å². The summed E-state index contributed by atoms with van der Waals surface area (Å²) in [5, 5.41) is 3.76. The third-order valence-electron chi connectivity index (χ3n) is 4.65. The topological polar surface area (TPSA) is 68.5 Å². The van der Waals surface area contributed by atoms with Gasteiger partial charge in [0.15, 0.2) is 6.61 Å². The number of carbonyl (C=O) groups is 1. The van der Waals surface area contributed by atoms with Gasteiger partial charge in [0.1, 0.15) is 29.2 Å². The molecule has 1 aliphatic heterocycles. The van der Waals surface area contributed by atoms with E-state index in [0.717, 1.165) is 18.6 Å². The molecule has 1 aromatic heterocycles. The predicted octanol–water partition coefficient (Wildman–Crippen LogP) is 3.90. The second-order valence-corrected chi connectivity index (χ2v) is 6.57. The molecule has 4 rings (SSSR count). The highest BCUT2D eigenvalue weighted by atomic mass is 19.1. The van der Waals surface area contributed by atoms with Crippen LogP contribution in [-0.4, -0.2) is 34.1 Å². The van der Waals surface area contributed by atoms with Gasteiger partial charge in [-0.3, -0.25) is 4.79 Å². The number of nitrogens with zero attached hydrogens (tertiary/aromatic N) is 3. The Morgan fingerprint density at radius 1 is 1.14 bits per heavy atom. The molecule has 1 saturated heterocycles. The number of carbonyl (C=O) groups excluding carboxylic acids is 1. The normalized spacial score (nSPS) is 16.2. The molecular weight excluding hydrogens is 387 g/mol. The highest BCUT2D eigenvalue weighted by Crippen LogP contribution is 2.32. The molecule has 2 aromatic carbocycles. The lowest BCUT2D eigenvalue weighted by atomic mass is 10.2. The second kappa shape index (κ2) is 7.94. The van der Waals surface area contributed by atoms with Crippen LogP contribution in [0.5, 0.6) is 5.75 Å². The van der Waals surface area contributed by atoms with Crippen LogP contribution in [0.1, 0.15) is 24.8 Å². The summed E-state index contributed by atoms with van der Waals surface area (Å²) in [5.74, 6) is -1.65. The number of halogens is 3. The van der Waals surface area contributed by atoms with Crippen molar-refractivity contribution in [2.45, 2.75) is 18.9 Å². The zero-order chi connectivity index (χ0) is 20.4. The molecule has 0 saturated carbocycles. The van der Waals surface area contributed by atoms with Gasteiger partial charge in [0, 0.05) is 12.6 Å². The van der Waals surface area contributed by atoms with Crippen LogP contribution < -0.4 is 4.74 Å². The Morgan fingerprint density at radius 3 is 2.66 bits per heavy atom. The largest absolute Gasteiger partial charge is 0.484 e. The Bertz CT molecular complexity index is 1020. The summed E-state index contributed by atoms with van der Waals surface area (Å²) >= 11 is 0. The van der Waals surface area contributed by atoms with Crippen LogP contribution in [0.15, 0.2) is 47.0 Å². The third kappa shape index (κ3) is 4.08. The van der Waals surface area contributed by atoms with E-state index in [-0.39, 0.29) is 29.8 Å². The van der Waals surface area contributed by atoms with E-state index in [2.05, 4.69) is 10.1 Å². The third-order valence-corrected chi connectivity index (χ3v) is 4.65. The fourth-order valence-electron chi connectivity index (χ4n) is 3.23. The zero-order valence-electron chi connectivity index (χ0n) is 15.1. The molecule has 0 N–H and O–H groups in total. The van der Waals surface area contributed by atoms with E-state index in [0.29, 0.717) is 18.7 Å². The molecule has 6 nitrogen and oxygen atoms in total. The maximum atomic E-state index is 13.9. The smallest absolute Gasteiger partial charge is 0.261 e.